The topological polar surface area (TPSA) is 108 Å². The molecular formula is C34H45N3O5. The first-order chi connectivity index (χ1) is 19.7. The quantitative estimate of drug-likeness (QED) is 0.237. The number of anilines is 1. The summed E-state index contributed by atoms with van der Waals surface area (Å²) in [6.45, 7) is 14.8. The van der Waals surface area contributed by atoms with E-state index >= 15 is 0 Å². The van der Waals surface area contributed by atoms with Gasteiger partial charge in [0.1, 0.15) is 23.4 Å². The SMILES string of the molecule is CCC(C)C(NC(=O)OC(C)(C)C)C(=O)N(C(C(=O)Nc1ccc2ccccc2c1)c1ccccc1O)C(C)(C)CC. The zero-order valence-corrected chi connectivity index (χ0v) is 26.0. The minimum atomic E-state index is -1.20. The molecule has 3 atom stereocenters. The van der Waals surface area contributed by atoms with Gasteiger partial charge < -0.3 is 25.4 Å². The Bertz CT molecular complexity index is 1410. The number of phenolic OH excluding ortho intramolecular Hbond substituents is 1. The molecule has 3 aromatic rings. The monoisotopic (exact) mass is 575 g/mol. The molecule has 8 nitrogen and oxygen atoms in total. The van der Waals surface area contributed by atoms with Crippen LogP contribution >= 0.6 is 0 Å². The second-order valence-corrected chi connectivity index (χ2v) is 12.4. The number of carbonyl (C=O) groups excluding carboxylic acids is 3. The maximum Gasteiger partial charge on any atom is 0.408 e. The summed E-state index contributed by atoms with van der Waals surface area (Å²) in [6, 6.07) is 17.8. The molecule has 0 saturated heterocycles. The number of aromatic hydroxyl groups is 1. The molecule has 3 amide bonds. The zero-order valence-electron chi connectivity index (χ0n) is 26.0. The molecule has 3 rings (SSSR count). The lowest BCUT2D eigenvalue weighted by molar-refractivity contribution is -0.148. The van der Waals surface area contributed by atoms with Crippen LogP contribution in [0.2, 0.25) is 0 Å². The third-order valence-corrected chi connectivity index (χ3v) is 7.66. The third-order valence-electron chi connectivity index (χ3n) is 7.66. The molecule has 0 aliphatic rings. The van der Waals surface area contributed by atoms with Crippen molar-refractivity contribution >= 4 is 34.4 Å². The molecule has 0 radical (unpaired) electrons. The van der Waals surface area contributed by atoms with Crippen LogP contribution in [0.1, 0.15) is 79.8 Å². The van der Waals surface area contributed by atoms with E-state index in [-0.39, 0.29) is 17.2 Å². The molecule has 0 aromatic heterocycles. The first-order valence-electron chi connectivity index (χ1n) is 14.6. The molecule has 0 heterocycles. The van der Waals surface area contributed by atoms with Crippen LogP contribution < -0.4 is 10.6 Å². The number of ether oxygens (including phenoxy) is 1. The summed E-state index contributed by atoms with van der Waals surface area (Å²) in [7, 11) is 0. The van der Waals surface area contributed by atoms with Crippen molar-refractivity contribution in [1.82, 2.24) is 10.2 Å². The zero-order chi connectivity index (χ0) is 31.2. The average Bonchev–Trinajstić information content (AvgIpc) is 2.93. The van der Waals surface area contributed by atoms with Gasteiger partial charge in [-0.1, -0.05) is 75.7 Å². The highest BCUT2D eigenvalue weighted by molar-refractivity contribution is 6.01. The van der Waals surface area contributed by atoms with Crippen LogP contribution in [0, 0.1) is 5.92 Å². The Balaban J connectivity index is 2.13. The molecule has 0 saturated carbocycles. The smallest absolute Gasteiger partial charge is 0.408 e. The lowest BCUT2D eigenvalue weighted by Crippen LogP contribution is -2.60. The van der Waals surface area contributed by atoms with Crippen LogP contribution in [0.3, 0.4) is 0 Å². The number of amides is 3. The molecule has 8 heteroatoms. The van der Waals surface area contributed by atoms with Gasteiger partial charge in [-0.15, -0.1) is 0 Å². The van der Waals surface area contributed by atoms with Gasteiger partial charge in [-0.05, 0) is 75.9 Å². The second-order valence-electron chi connectivity index (χ2n) is 12.4. The molecule has 3 unspecified atom stereocenters. The van der Waals surface area contributed by atoms with Gasteiger partial charge in [0.05, 0.1) is 0 Å². The van der Waals surface area contributed by atoms with Crippen LogP contribution in [0.25, 0.3) is 10.8 Å². The number of hydrogen-bond acceptors (Lipinski definition) is 5. The Labute approximate surface area is 249 Å². The number of alkyl carbamates (subject to hydrolysis) is 1. The van der Waals surface area contributed by atoms with Gasteiger partial charge in [-0.25, -0.2) is 4.79 Å². The van der Waals surface area contributed by atoms with Crippen molar-refractivity contribution in [1.29, 1.82) is 0 Å². The number of benzene rings is 3. The van der Waals surface area contributed by atoms with Crippen LogP contribution in [0.4, 0.5) is 10.5 Å². The number of carbonyl (C=O) groups is 3. The third kappa shape index (κ3) is 7.81. The minimum Gasteiger partial charge on any atom is -0.508 e. The Morgan fingerprint density at radius 2 is 1.52 bits per heavy atom. The van der Waals surface area contributed by atoms with Crippen molar-refractivity contribution in [3.05, 3.63) is 72.3 Å². The van der Waals surface area contributed by atoms with E-state index in [9.17, 15) is 19.5 Å². The van der Waals surface area contributed by atoms with E-state index < -0.39 is 41.1 Å². The fourth-order valence-electron chi connectivity index (χ4n) is 4.81. The highest BCUT2D eigenvalue weighted by Gasteiger charge is 2.45. The number of phenols is 1. The van der Waals surface area contributed by atoms with Crippen molar-refractivity contribution in [2.24, 2.45) is 5.92 Å². The van der Waals surface area contributed by atoms with E-state index in [1.165, 1.54) is 11.0 Å². The van der Waals surface area contributed by atoms with Gasteiger partial charge in [-0.2, -0.15) is 0 Å². The Hall–Kier alpha value is -4.07. The molecule has 0 fully saturated rings. The molecule has 0 spiro atoms. The van der Waals surface area contributed by atoms with Crippen LogP contribution in [0.5, 0.6) is 5.75 Å². The Morgan fingerprint density at radius 1 is 0.905 bits per heavy atom. The molecule has 226 valence electrons. The van der Waals surface area contributed by atoms with Crippen molar-refractivity contribution in [2.45, 2.75) is 91.5 Å². The summed E-state index contributed by atoms with van der Waals surface area (Å²) in [5.41, 5.74) is -0.753. The van der Waals surface area contributed by atoms with Crippen LogP contribution in [-0.2, 0) is 14.3 Å². The molecule has 0 aliphatic carbocycles. The average molecular weight is 576 g/mol. The predicted octanol–water partition coefficient (Wildman–Crippen LogP) is 7.18. The normalized spacial score (nSPS) is 14.0. The van der Waals surface area contributed by atoms with E-state index in [4.69, 9.17) is 4.74 Å². The van der Waals surface area contributed by atoms with Crippen molar-refractivity contribution in [2.75, 3.05) is 5.32 Å². The van der Waals surface area contributed by atoms with Gasteiger partial charge in [0.25, 0.3) is 5.91 Å². The maximum atomic E-state index is 14.6. The largest absolute Gasteiger partial charge is 0.508 e. The maximum absolute atomic E-state index is 14.6. The van der Waals surface area contributed by atoms with Gasteiger partial charge in [-0.3, -0.25) is 9.59 Å². The van der Waals surface area contributed by atoms with Crippen molar-refractivity contribution in [3.63, 3.8) is 0 Å². The first kappa shape index (κ1) is 32.4. The molecular weight excluding hydrogens is 530 g/mol. The lowest BCUT2D eigenvalue weighted by Gasteiger charge is -2.45. The highest BCUT2D eigenvalue weighted by atomic mass is 16.6. The first-order valence-corrected chi connectivity index (χ1v) is 14.6. The summed E-state index contributed by atoms with van der Waals surface area (Å²) in [4.78, 5) is 43.3. The van der Waals surface area contributed by atoms with Crippen LogP contribution in [0.15, 0.2) is 66.7 Å². The summed E-state index contributed by atoms with van der Waals surface area (Å²) >= 11 is 0. The fourth-order valence-corrected chi connectivity index (χ4v) is 4.81. The number of nitrogens with one attached hydrogen (secondary N) is 2. The lowest BCUT2D eigenvalue weighted by atomic mass is 9.89. The number of nitrogens with zero attached hydrogens (tertiary/aromatic N) is 1. The minimum absolute atomic E-state index is 0.110. The molecule has 3 aromatic carbocycles. The second kappa shape index (κ2) is 13.3. The van der Waals surface area contributed by atoms with Crippen LogP contribution in [-0.4, -0.2) is 45.1 Å². The predicted molar refractivity (Wildman–Crippen MR) is 167 cm³/mol. The summed E-state index contributed by atoms with van der Waals surface area (Å²) in [5, 5.41) is 18.7. The molecule has 0 aliphatic heterocycles. The summed E-state index contributed by atoms with van der Waals surface area (Å²) < 4.78 is 5.49. The van der Waals surface area contributed by atoms with Gasteiger partial charge in [0.2, 0.25) is 5.91 Å². The van der Waals surface area contributed by atoms with E-state index in [0.717, 1.165) is 10.8 Å². The standard InChI is InChI=1S/C34H45N3O5/c1-9-22(3)28(36-32(41)42-33(4,5)6)31(40)37(34(7,8)10-2)29(26-17-13-14-18-27(26)38)30(39)35-25-20-19-23-15-11-12-16-24(23)21-25/h11-22,28-29,38H,9-10H2,1-8H3,(H,35,39)(H,36,41). The highest BCUT2D eigenvalue weighted by Crippen LogP contribution is 2.37. The number of para-hydroxylation sites is 1. The van der Waals surface area contributed by atoms with E-state index in [1.54, 1.807) is 39.0 Å². The van der Waals surface area contributed by atoms with Crippen molar-refractivity contribution in [3.8, 4) is 5.75 Å². The van der Waals surface area contributed by atoms with Crippen molar-refractivity contribution < 1.29 is 24.2 Å². The van der Waals surface area contributed by atoms with Gasteiger partial charge >= 0.3 is 6.09 Å². The summed E-state index contributed by atoms with van der Waals surface area (Å²) in [6.07, 6.45) is 0.387. The van der Waals surface area contributed by atoms with Gasteiger partial charge in [0, 0.05) is 16.8 Å². The Morgan fingerprint density at radius 3 is 2.12 bits per heavy atom. The van der Waals surface area contributed by atoms with E-state index in [1.807, 2.05) is 77.1 Å². The van der Waals surface area contributed by atoms with E-state index in [0.29, 0.717) is 18.5 Å². The number of rotatable bonds is 10. The summed E-state index contributed by atoms with van der Waals surface area (Å²) in [5.74, 6) is -1.31. The molecule has 42 heavy (non-hydrogen) atoms. The fraction of sp³-hybridized carbons (Fsp3) is 0.441. The van der Waals surface area contributed by atoms with E-state index in [2.05, 4.69) is 10.6 Å². The van der Waals surface area contributed by atoms with Gasteiger partial charge in [0.15, 0.2) is 0 Å². The number of fused-ring (bicyclic) bond motifs is 1. The molecule has 3 N–H and O–H groups in total. The molecule has 0 bridgehead atoms. The number of hydrogen-bond donors (Lipinski definition) is 3. The Kier molecular flexibility index (Phi) is 10.3.